The number of aromatic amines is 1. The number of carbonyl (C=O) groups excluding carboxylic acids is 1. The lowest BCUT2D eigenvalue weighted by Gasteiger charge is -2.28. The summed E-state index contributed by atoms with van der Waals surface area (Å²) in [5, 5.41) is 11.0. The monoisotopic (exact) mass is 341 g/mol. The van der Waals surface area contributed by atoms with Crippen LogP contribution in [0, 0.1) is 0 Å². The number of nitrogens with zero attached hydrogens (tertiary/aromatic N) is 4. The van der Waals surface area contributed by atoms with Gasteiger partial charge in [0.05, 0.1) is 12.2 Å². The first kappa shape index (κ1) is 16.1. The standard InChI is InChI=1S/C18H23N5O2/c1-22-16-8-4-7-13(16)15(21-22)11-23(12-5-2-3-6-12)18(25)14-9-10-17(24)20-19-14/h9-10,12H,2-8,11H2,1H3,(H,20,24). The minimum atomic E-state index is -0.300. The summed E-state index contributed by atoms with van der Waals surface area (Å²) in [5.41, 5.74) is 3.62. The molecule has 1 amide bonds. The van der Waals surface area contributed by atoms with Crippen molar-refractivity contribution in [2.75, 3.05) is 0 Å². The summed E-state index contributed by atoms with van der Waals surface area (Å²) in [5.74, 6) is -0.124. The zero-order valence-electron chi connectivity index (χ0n) is 14.5. The molecular formula is C18H23N5O2. The molecule has 0 atom stereocenters. The number of carbonyl (C=O) groups is 1. The van der Waals surface area contributed by atoms with Gasteiger partial charge in [-0.1, -0.05) is 12.8 Å². The van der Waals surface area contributed by atoms with Crippen molar-refractivity contribution < 1.29 is 4.79 Å². The van der Waals surface area contributed by atoms with Gasteiger partial charge in [-0.25, -0.2) is 5.10 Å². The Morgan fingerprint density at radius 1 is 1.28 bits per heavy atom. The molecule has 1 saturated carbocycles. The van der Waals surface area contributed by atoms with Gasteiger partial charge in [-0.3, -0.25) is 14.3 Å². The van der Waals surface area contributed by atoms with E-state index < -0.39 is 0 Å². The lowest BCUT2D eigenvalue weighted by Crippen LogP contribution is -2.39. The van der Waals surface area contributed by atoms with Crippen LogP contribution in [0.15, 0.2) is 16.9 Å². The smallest absolute Gasteiger partial charge is 0.274 e. The molecule has 7 heteroatoms. The predicted octanol–water partition coefficient (Wildman–Crippen LogP) is 1.58. The molecule has 0 aromatic carbocycles. The minimum Gasteiger partial charge on any atom is -0.328 e. The van der Waals surface area contributed by atoms with Crippen molar-refractivity contribution in [3.8, 4) is 0 Å². The first-order valence-electron chi connectivity index (χ1n) is 9.04. The normalized spacial score (nSPS) is 17.0. The Morgan fingerprint density at radius 3 is 2.80 bits per heavy atom. The summed E-state index contributed by atoms with van der Waals surface area (Å²) in [6.07, 6.45) is 7.60. The highest BCUT2D eigenvalue weighted by atomic mass is 16.2. The lowest BCUT2D eigenvalue weighted by molar-refractivity contribution is 0.0653. The molecule has 0 unspecified atom stereocenters. The summed E-state index contributed by atoms with van der Waals surface area (Å²) in [7, 11) is 1.98. The van der Waals surface area contributed by atoms with Gasteiger partial charge in [-0.2, -0.15) is 10.2 Å². The van der Waals surface area contributed by atoms with Gasteiger partial charge in [0.2, 0.25) is 0 Å². The Kier molecular flexibility index (Phi) is 4.15. The van der Waals surface area contributed by atoms with E-state index in [1.54, 1.807) is 0 Å². The van der Waals surface area contributed by atoms with E-state index >= 15 is 0 Å². The van der Waals surface area contributed by atoms with Gasteiger partial charge in [0, 0.05) is 24.8 Å². The molecule has 0 bridgehead atoms. The number of nitrogens with one attached hydrogen (secondary N) is 1. The Hall–Kier alpha value is -2.44. The Bertz CT molecular complexity index is 827. The van der Waals surface area contributed by atoms with E-state index in [1.807, 2.05) is 16.6 Å². The van der Waals surface area contributed by atoms with Crippen LogP contribution in [-0.4, -0.2) is 36.8 Å². The Morgan fingerprint density at radius 2 is 2.08 bits per heavy atom. The van der Waals surface area contributed by atoms with E-state index in [4.69, 9.17) is 0 Å². The second kappa shape index (κ2) is 6.46. The van der Waals surface area contributed by atoms with Crippen LogP contribution in [0.25, 0.3) is 0 Å². The van der Waals surface area contributed by atoms with Gasteiger partial charge in [-0.05, 0) is 43.7 Å². The van der Waals surface area contributed by atoms with Crippen LogP contribution in [0.3, 0.4) is 0 Å². The van der Waals surface area contributed by atoms with E-state index in [-0.39, 0.29) is 17.5 Å². The second-order valence-corrected chi connectivity index (χ2v) is 7.03. The fourth-order valence-corrected chi connectivity index (χ4v) is 4.18. The first-order valence-corrected chi connectivity index (χ1v) is 9.04. The van der Waals surface area contributed by atoms with Gasteiger partial charge in [0.25, 0.3) is 11.5 Å². The third-order valence-electron chi connectivity index (χ3n) is 5.44. The van der Waals surface area contributed by atoms with E-state index in [1.165, 1.54) is 23.4 Å². The quantitative estimate of drug-likeness (QED) is 0.915. The molecule has 2 aliphatic rings. The molecule has 2 aromatic rings. The summed E-state index contributed by atoms with van der Waals surface area (Å²) >= 11 is 0. The Labute approximate surface area is 146 Å². The van der Waals surface area contributed by atoms with Crippen molar-refractivity contribution in [3.05, 3.63) is 45.1 Å². The maximum atomic E-state index is 13.1. The third kappa shape index (κ3) is 2.99. The lowest BCUT2D eigenvalue weighted by atomic mass is 10.1. The number of H-pyrrole nitrogens is 1. The molecule has 0 spiro atoms. The third-order valence-corrected chi connectivity index (χ3v) is 5.44. The predicted molar refractivity (Wildman–Crippen MR) is 92.2 cm³/mol. The molecule has 2 aromatic heterocycles. The number of hydrogen-bond acceptors (Lipinski definition) is 4. The van der Waals surface area contributed by atoms with Crippen LogP contribution in [0.1, 0.15) is 59.5 Å². The van der Waals surface area contributed by atoms with E-state index in [0.29, 0.717) is 12.2 Å². The topological polar surface area (TPSA) is 83.9 Å². The number of hydrogen-bond donors (Lipinski definition) is 1. The van der Waals surface area contributed by atoms with E-state index in [2.05, 4.69) is 15.3 Å². The number of fused-ring (bicyclic) bond motifs is 1. The maximum Gasteiger partial charge on any atom is 0.274 e. The van der Waals surface area contributed by atoms with Crippen LogP contribution >= 0.6 is 0 Å². The number of aryl methyl sites for hydroxylation is 1. The van der Waals surface area contributed by atoms with Crippen LogP contribution < -0.4 is 5.56 Å². The summed E-state index contributed by atoms with van der Waals surface area (Å²) in [6, 6.07) is 3.08. The van der Waals surface area contributed by atoms with Crippen molar-refractivity contribution >= 4 is 5.91 Å². The molecule has 0 aliphatic heterocycles. The molecule has 2 heterocycles. The van der Waals surface area contributed by atoms with Gasteiger partial charge >= 0.3 is 0 Å². The van der Waals surface area contributed by atoms with E-state index in [9.17, 15) is 9.59 Å². The highest BCUT2D eigenvalue weighted by Crippen LogP contribution is 2.29. The molecule has 2 aliphatic carbocycles. The molecule has 0 radical (unpaired) electrons. The average molecular weight is 341 g/mol. The molecule has 1 fully saturated rings. The van der Waals surface area contributed by atoms with Gasteiger partial charge < -0.3 is 4.90 Å². The van der Waals surface area contributed by atoms with Crippen LogP contribution in [0.4, 0.5) is 0 Å². The maximum absolute atomic E-state index is 13.1. The summed E-state index contributed by atoms with van der Waals surface area (Å²) < 4.78 is 1.97. The van der Waals surface area contributed by atoms with Crippen LogP contribution in [0.5, 0.6) is 0 Å². The molecule has 132 valence electrons. The average Bonchev–Trinajstić information content (AvgIpc) is 3.33. The number of rotatable bonds is 4. The number of amides is 1. The highest BCUT2D eigenvalue weighted by Gasteiger charge is 2.31. The molecule has 7 nitrogen and oxygen atoms in total. The Balaban J connectivity index is 1.64. The zero-order valence-corrected chi connectivity index (χ0v) is 14.5. The molecule has 1 N–H and O–H groups in total. The van der Waals surface area contributed by atoms with Crippen molar-refractivity contribution in [3.63, 3.8) is 0 Å². The van der Waals surface area contributed by atoms with Gasteiger partial charge in [-0.15, -0.1) is 0 Å². The van der Waals surface area contributed by atoms with Crippen molar-refractivity contribution in [1.82, 2.24) is 24.9 Å². The fraction of sp³-hybridized carbons (Fsp3) is 0.556. The highest BCUT2D eigenvalue weighted by molar-refractivity contribution is 5.92. The van der Waals surface area contributed by atoms with Crippen molar-refractivity contribution in [1.29, 1.82) is 0 Å². The van der Waals surface area contributed by atoms with Gasteiger partial charge in [0.1, 0.15) is 5.69 Å². The van der Waals surface area contributed by atoms with Gasteiger partial charge in [0.15, 0.2) is 0 Å². The number of aromatic nitrogens is 4. The molecule has 4 rings (SSSR count). The fourth-order valence-electron chi connectivity index (χ4n) is 4.18. The SMILES string of the molecule is Cn1nc(CN(C(=O)c2ccc(=O)[nH]n2)C2CCCC2)c2c1CCC2. The largest absolute Gasteiger partial charge is 0.328 e. The van der Waals surface area contributed by atoms with Crippen LogP contribution in [-0.2, 0) is 26.4 Å². The van der Waals surface area contributed by atoms with E-state index in [0.717, 1.165) is 50.6 Å². The molecule has 0 saturated heterocycles. The van der Waals surface area contributed by atoms with Crippen LogP contribution in [0.2, 0.25) is 0 Å². The zero-order chi connectivity index (χ0) is 17.4. The molecule has 25 heavy (non-hydrogen) atoms. The minimum absolute atomic E-state index is 0.124. The van der Waals surface area contributed by atoms with Crippen molar-refractivity contribution in [2.24, 2.45) is 7.05 Å². The summed E-state index contributed by atoms with van der Waals surface area (Å²) in [6.45, 7) is 0.521. The van der Waals surface area contributed by atoms with Crippen molar-refractivity contribution in [2.45, 2.75) is 57.5 Å². The summed E-state index contributed by atoms with van der Waals surface area (Å²) in [4.78, 5) is 26.2. The second-order valence-electron chi connectivity index (χ2n) is 7.03. The molecular weight excluding hydrogens is 318 g/mol. The first-order chi connectivity index (χ1) is 12.1.